The molecular formula is C13H21NO2. The van der Waals surface area contributed by atoms with Gasteiger partial charge in [-0.05, 0) is 25.7 Å². The topological polar surface area (TPSA) is 29.5 Å². The van der Waals surface area contributed by atoms with Gasteiger partial charge in [0.25, 0.3) is 0 Å². The standard InChI is InChI=1S/C13H21NO2/c1-8(2)11-7-16-13(3)10-6-4-5-9(10)12(15)14(11)13/h8-11H,4-7H2,1-3H3/t9-,10-,11-,13-/m1/s1. The summed E-state index contributed by atoms with van der Waals surface area (Å²) in [6.45, 7) is 7.22. The molecule has 0 bridgehead atoms. The number of rotatable bonds is 1. The highest BCUT2D eigenvalue weighted by molar-refractivity contribution is 5.83. The van der Waals surface area contributed by atoms with Crippen molar-refractivity contribution in [3.05, 3.63) is 0 Å². The number of carbonyl (C=O) groups excluding carboxylic acids is 1. The van der Waals surface area contributed by atoms with Crippen LogP contribution in [0, 0.1) is 17.8 Å². The van der Waals surface area contributed by atoms with Crippen LogP contribution in [0.1, 0.15) is 40.0 Å². The summed E-state index contributed by atoms with van der Waals surface area (Å²) in [6, 6.07) is 0.295. The summed E-state index contributed by atoms with van der Waals surface area (Å²) in [5.74, 6) is 1.56. The lowest BCUT2D eigenvalue weighted by Gasteiger charge is -2.34. The van der Waals surface area contributed by atoms with Gasteiger partial charge in [-0.3, -0.25) is 4.79 Å². The summed E-state index contributed by atoms with van der Waals surface area (Å²) in [6.07, 6.45) is 3.43. The van der Waals surface area contributed by atoms with Gasteiger partial charge in [-0.1, -0.05) is 20.3 Å². The highest BCUT2D eigenvalue weighted by atomic mass is 16.5. The van der Waals surface area contributed by atoms with E-state index >= 15 is 0 Å². The second-order valence-electron chi connectivity index (χ2n) is 6.03. The first-order valence-corrected chi connectivity index (χ1v) is 6.53. The molecule has 3 aliphatic rings. The molecule has 1 saturated carbocycles. The number of amides is 1. The molecule has 0 N–H and O–H groups in total. The second-order valence-corrected chi connectivity index (χ2v) is 6.03. The average Bonchev–Trinajstić information content (AvgIpc) is 2.83. The minimum atomic E-state index is -0.285. The highest BCUT2D eigenvalue weighted by Crippen LogP contribution is 2.53. The van der Waals surface area contributed by atoms with E-state index in [-0.39, 0.29) is 11.6 Å². The van der Waals surface area contributed by atoms with Gasteiger partial charge in [-0.2, -0.15) is 0 Å². The first-order chi connectivity index (χ1) is 7.55. The first kappa shape index (κ1) is 10.6. The van der Waals surface area contributed by atoms with E-state index in [0.29, 0.717) is 23.8 Å². The average molecular weight is 223 g/mol. The molecule has 0 radical (unpaired) electrons. The molecule has 2 saturated heterocycles. The number of hydrogen-bond donors (Lipinski definition) is 0. The summed E-state index contributed by atoms with van der Waals surface area (Å²) >= 11 is 0. The Morgan fingerprint density at radius 2 is 2.19 bits per heavy atom. The van der Waals surface area contributed by atoms with E-state index in [0.717, 1.165) is 19.4 Å². The van der Waals surface area contributed by atoms with Gasteiger partial charge < -0.3 is 9.64 Å². The number of carbonyl (C=O) groups is 1. The molecule has 0 unspecified atom stereocenters. The molecule has 1 amide bonds. The molecule has 90 valence electrons. The molecule has 3 rings (SSSR count). The van der Waals surface area contributed by atoms with Gasteiger partial charge in [0, 0.05) is 11.8 Å². The third kappa shape index (κ3) is 1.10. The van der Waals surface area contributed by atoms with E-state index in [1.807, 2.05) is 0 Å². The number of fused-ring (bicyclic) bond motifs is 3. The molecule has 0 aromatic rings. The fraction of sp³-hybridized carbons (Fsp3) is 0.923. The monoisotopic (exact) mass is 223 g/mol. The van der Waals surface area contributed by atoms with Crippen LogP contribution in [-0.4, -0.2) is 29.2 Å². The second kappa shape index (κ2) is 3.22. The maximum absolute atomic E-state index is 12.4. The first-order valence-electron chi connectivity index (χ1n) is 6.53. The van der Waals surface area contributed by atoms with Crippen molar-refractivity contribution in [1.29, 1.82) is 0 Å². The number of ether oxygens (including phenoxy) is 1. The predicted octanol–water partition coefficient (Wildman–Crippen LogP) is 2.02. The summed E-state index contributed by atoms with van der Waals surface area (Å²) in [5.41, 5.74) is -0.285. The highest BCUT2D eigenvalue weighted by Gasteiger charge is 2.63. The fourth-order valence-corrected chi connectivity index (χ4v) is 3.96. The zero-order chi connectivity index (χ0) is 11.5. The van der Waals surface area contributed by atoms with Crippen LogP contribution in [0.5, 0.6) is 0 Å². The van der Waals surface area contributed by atoms with Crippen molar-refractivity contribution >= 4 is 5.91 Å². The molecule has 0 aromatic heterocycles. The van der Waals surface area contributed by atoms with Crippen LogP contribution in [0.25, 0.3) is 0 Å². The van der Waals surface area contributed by atoms with Gasteiger partial charge in [0.15, 0.2) is 0 Å². The van der Waals surface area contributed by atoms with Crippen molar-refractivity contribution in [2.45, 2.75) is 51.8 Å². The minimum absolute atomic E-state index is 0.256. The Labute approximate surface area is 97.1 Å². The zero-order valence-electron chi connectivity index (χ0n) is 10.4. The largest absolute Gasteiger partial charge is 0.353 e. The number of hydrogen-bond acceptors (Lipinski definition) is 2. The van der Waals surface area contributed by atoms with Crippen LogP contribution in [0.15, 0.2) is 0 Å². The molecular weight excluding hydrogens is 202 g/mol. The van der Waals surface area contributed by atoms with Crippen molar-refractivity contribution < 1.29 is 9.53 Å². The van der Waals surface area contributed by atoms with Gasteiger partial charge in [0.2, 0.25) is 5.91 Å². The molecule has 16 heavy (non-hydrogen) atoms. The molecule has 3 nitrogen and oxygen atoms in total. The van der Waals surface area contributed by atoms with Crippen molar-refractivity contribution in [3.8, 4) is 0 Å². The molecule has 3 fully saturated rings. The fourth-order valence-electron chi connectivity index (χ4n) is 3.96. The van der Waals surface area contributed by atoms with Crippen LogP contribution in [-0.2, 0) is 9.53 Å². The van der Waals surface area contributed by atoms with Crippen molar-refractivity contribution in [2.75, 3.05) is 6.61 Å². The SMILES string of the molecule is CC(C)[C@H]1CO[C@]2(C)[C@@H]3CCC[C@H]3C(=O)N12. The van der Waals surface area contributed by atoms with E-state index < -0.39 is 0 Å². The van der Waals surface area contributed by atoms with Crippen molar-refractivity contribution in [2.24, 2.45) is 17.8 Å². The van der Waals surface area contributed by atoms with Crippen LogP contribution in [0.3, 0.4) is 0 Å². The lowest BCUT2D eigenvalue weighted by atomic mass is 9.92. The molecule has 0 aromatic carbocycles. The Hall–Kier alpha value is -0.570. The molecule has 0 spiro atoms. The Morgan fingerprint density at radius 1 is 1.44 bits per heavy atom. The van der Waals surface area contributed by atoms with Crippen LogP contribution in [0.2, 0.25) is 0 Å². The zero-order valence-corrected chi connectivity index (χ0v) is 10.4. The van der Waals surface area contributed by atoms with E-state index in [4.69, 9.17) is 4.74 Å². The molecule has 4 atom stereocenters. The molecule has 2 aliphatic heterocycles. The third-order valence-corrected chi connectivity index (χ3v) is 4.88. The maximum atomic E-state index is 12.4. The predicted molar refractivity (Wildman–Crippen MR) is 60.7 cm³/mol. The van der Waals surface area contributed by atoms with Crippen molar-refractivity contribution in [3.63, 3.8) is 0 Å². The normalized spacial score (nSPS) is 46.6. The minimum Gasteiger partial charge on any atom is -0.353 e. The summed E-state index contributed by atoms with van der Waals surface area (Å²) in [4.78, 5) is 14.5. The Kier molecular flexibility index (Phi) is 2.13. The van der Waals surface area contributed by atoms with Gasteiger partial charge in [-0.25, -0.2) is 0 Å². The quantitative estimate of drug-likeness (QED) is 0.680. The summed E-state index contributed by atoms with van der Waals surface area (Å²) in [5, 5.41) is 0. The summed E-state index contributed by atoms with van der Waals surface area (Å²) in [7, 11) is 0. The van der Waals surface area contributed by atoms with E-state index in [9.17, 15) is 4.79 Å². The van der Waals surface area contributed by atoms with E-state index in [1.54, 1.807) is 0 Å². The van der Waals surface area contributed by atoms with Gasteiger partial charge in [-0.15, -0.1) is 0 Å². The molecule has 2 heterocycles. The smallest absolute Gasteiger partial charge is 0.228 e. The molecule has 3 heteroatoms. The van der Waals surface area contributed by atoms with E-state index in [2.05, 4.69) is 25.7 Å². The lowest BCUT2D eigenvalue weighted by molar-refractivity contribution is -0.141. The van der Waals surface area contributed by atoms with Crippen molar-refractivity contribution in [1.82, 2.24) is 4.90 Å². The Bertz CT molecular complexity index is 328. The summed E-state index contributed by atoms with van der Waals surface area (Å²) < 4.78 is 6.03. The van der Waals surface area contributed by atoms with Gasteiger partial charge in [0.1, 0.15) is 5.72 Å². The molecule has 1 aliphatic carbocycles. The van der Waals surface area contributed by atoms with E-state index in [1.165, 1.54) is 6.42 Å². The van der Waals surface area contributed by atoms with Crippen LogP contribution in [0.4, 0.5) is 0 Å². The lowest BCUT2D eigenvalue weighted by Crippen LogP contribution is -2.47. The van der Waals surface area contributed by atoms with Gasteiger partial charge in [0.05, 0.1) is 12.6 Å². The Morgan fingerprint density at radius 3 is 2.88 bits per heavy atom. The van der Waals surface area contributed by atoms with Gasteiger partial charge >= 0.3 is 0 Å². The number of nitrogens with zero attached hydrogens (tertiary/aromatic N) is 1. The maximum Gasteiger partial charge on any atom is 0.228 e. The Balaban J connectivity index is 1.97. The van der Waals surface area contributed by atoms with Crippen LogP contribution >= 0.6 is 0 Å². The third-order valence-electron chi connectivity index (χ3n) is 4.88. The van der Waals surface area contributed by atoms with Crippen LogP contribution < -0.4 is 0 Å².